The lowest BCUT2D eigenvalue weighted by atomic mass is 10.1. The molecule has 0 aromatic heterocycles. The maximum Gasteiger partial charge on any atom is 0.320 e. The van der Waals surface area contributed by atoms with Crippen molar-refractivity contribution in [3.63, 3.8) is 0 Å². The molecular formula is C55H113N13O21. The van der Waals surface area contributed by atoms with Gasteiger partial charge in [-0.2, -0.15) is 0 Å². The number of aliphatic carboxylic acids is 4. The van der Waals surface area contributed by atoms with Gasteiger partial charge in [0, 0.05) is 97.4 Å². The fraction of sp³-hybridized carbons (Fsp3) is 0.745. The van der Waals surface area contributed by atoms with Gasteiger partial charge >= 0.3 is 23.9 Å². The third-order valence-corrected chi connectivity index (χ3v) is 13.2. The number of likely N-dealkylation sites (N-methyl/N-ethyl adjacent to an activating group) is 2. The highest BCUT2D eigenvalue weighted by Gasteiger charge is 2.29. The number of rotatable bonds is 60. The zero-order valence-electron chi connectivity index (χ0n) is 63.5. The molecule has 0 unspecified atom stereocenters. The van der Waals surface area contributed by atoms with Crippen LogP contribution in [0.2, 0.25) is 0 Å². The Hall–Kier alpha value is -7.18. The summed E-state index contributed by atoms with van der Waals surface area (Å²) in [7, 11) is 3.26. The van der Waals surface area contributed by atoms with Crippen LogP contribution in [-0.2, 0) is 76.5 Å². The molecule has 4 atom stereocenters. The Balaban J connectivity index is -0.00000107. The Kier molecular flexibility index (Phi) is 41.2. The number of aliphatic hydroxyl groups excluding tert-OH is 1. The molecule has 34 nitrogen and oxygen atoms in total. The molecule has 0 fully saturated rings. The summed E-state index contributed by atoms with van der Waals surface area (Å²) >= 11 is 0. The van der Waals surface area contributed by atoms with E-state index in [1.54, 1.807) is 14.1 Å². The molecule has 0 aliphatic heterocycles. The number of carboxylic acid groups (broad SMARTS) is 4. The van der Waals surface area contributed by atoms with Gasteiger partial charge in [-0.1, -0.05) is 6.58 Å². The number of aliphatic hydroxyl groups is 1. The maximum absolute atomic E-state index is 13.4. The van der Waals surface area contributed by atoms with Crippen LogP contribution in [0.4, 0.5) is 0 Å². The number of nitrogens with zero attached hydrogens (tertiary/aromatic N) is 3. The van der Waals surface area contributed by atoms with E-state index in [1.807, 2.05) is 0 Å². The lowest BCUT2D eigenvalue weighted by Gasteiger charge is -2.32. The summed E-state index contributed by atoms with van der Waals surface area (Å²) in [6, 6.07) is -3.30. The lowest BCUT2D eigenvalue weighted by molar-refractivity contribution is -0.146. The van der Waals surface area contributed by atoms with Crippen molar-refractivity contribution < 1.29 is 121 Å². The van der Waals surface area contributed by atoms with Gasteiger partial charge in [0.25, 0.3) is 0 Å². The fourth-order valence-electron chi connectivity index (χ4n) is 8.54. The molecule has 524 valence electrons. The molecule has 0 saturated heterocycles. The second-order valence-electron chi connectivity index (χ2n) is 20.6. The first kappa shape index (κ1) is 70.9. The number of hydrogen-bond donors (Lipinski definition) is 15. The Morgan fingerprint density at radius 1 is 0.449 bits per heavy atom. The number of nitrogens with two attached hydrogens (primary N) is 2. The highest BCUT2D eigenvalue weighted by atomic mass is 16.5. The predicted octanol–water partition coefficient (Wildman–Crippen LogP) is -2.87. The average Bonchev–Trinajstić information content (AvgIpc) is 0.879. The Labute approximate surface area is 538 Å². The summed E-state index contributed by atoms with van der Waals surface area (Å²) < 4.78 is 81.4. The van der Waals surface area contributed by atoms with Crippen LogP contribution in [0.3, 0.4) is 0 Å². The van der Waals surface area contributed by atoms with Crippen molar-refractivity contribution in [2.24, 2.45) is 11.5 Å². The Morgan fingerprint density at radius 2 is 0.843 bits per heavy atom. The molecule has 0 spiro atoms. The van der Waals surface area contributed by atoms with E-state index in [9.17, 15) is 83.1 Å². The summed E-state index contributed by atoms with van der Waals surface area (Å²) in [6.45, 7) is 2.41. The van der Waals surface area contributed by atoms with E-state index in [0.29, 0.717) is 57.9 Å². The van der Waals surface area contributed by atoms with Crippen LogP contribution in [-0.4, -0.2) is 288 Å². The largest absolute Gasteiger partial charge is 0.512 e. The van der Waals surface area contributed by atoms with Gasteiger partial charge in [-0.15, -0.1) is 0 Å². The number of hydrogen-bond acceptors (Lipinski definition) is 22. The van der Waals surface area contributed by atoms with E-state index in [0.717, 1.165) is 4.90 Å². The van der Waals surface area contributed by atoms with E-state index < -0.39 is 97.2 Å². The van der Waals surface area contributed by atoms with Crippen molar-refractivity contribution in [2.45, 2.75) is 114 Å². The fourth-order valence-corrected chi connectivity index (χ4v) is 8.54. The van der Waals surface area contributed by atoms with E-state index in [1.165, 1.54) is 9.80 Å². The van der Waals surface area contributed by atoms with Crippen LogP contribution < -0.4 is 54.0 Å². The molecule has 0 heterocycles. The highest BCUT2D eigenvalue weighted by molar-refractivity contribution is 5.88. The minimum Gasteiger partial charge on any atom is -0.512 e. The van der Waals surface area contributed by atoms with Crippen LogP contribution in [0.5, 0.6) is 0 Å². The van der Waals surface area contributed by atoms with Crippen LogP contribution in [0, 0.1) is 0 Å². The van der Waals surface area contributed by atoms with E-state index in [-0.39, 0.29) is 175 Å². The molecule has 0 aliphatic rings. The minimum atomic E-state index is -1.37. The second kappa shape index (κ2) is 51.7. The van der Waals surface area contributed by atoms with Gasteiger partial charge in [-0.3, -0.25) is 72.2 Å². The molecule has 0 radical (unpaired) electrons. The summed E-state index contributed by atoms with van der Waals surface area (Å²) in [5.74, 6) is -9.04. The summed E-state index contributed by atoms with van der Waals surface area (Å²) in [5, 5.41) is 69.9. The van der Waals surface area contributed by atoms with Crippen LogP contribution in [0.1, 0.15) is 109 Å². The average molecular weight is 1310 g/mol. The van der Waals surface area contributed by atoms with Crippen molar-refractivity contribution in [1.82, 2.24) is 57.2 Å². The third kappa shape index (κ3) is 46.6. The van der Waals surface area contributed by atoms with Gasteiger partial charge in [0.1, 0.15) is 25.3 Å². The molecule has 0 bridgehead atoms. The molecular weight excluding hydrogens is 1180 g/mol. The molecule has 34 heteroatoms. The summed E-state index contributed by atoms with van der Waals surface area (Å²) in [4.78, 5) is 149. The number of primary amides is 2. The molecule has 0 rings (SSSR count). The number of ether oxygens (including phenoxy) is 4. The van der Waals surface area contributed by atoms with Gasteiger partial charge in [-0.25, -0.2) is 0 Å². The van der Waals surface area contributed by atoms with Crippen LogP contribution in [0.15, 0.2) is 12.3 Å². The van der Waals surface area contributed by atoms with E-state index in [2.05, 4.69) is 49.1 Å². The first-order chi connectivity index (χ1) is 48.4. The lowest BCUT2D eigenvalue weighted by Crippen LogP contribution is -2.50. The van der Waals surface area contributed by atoms with Crippen molar-refractivity contribution in [3.8, 4) is 0 Å². The van der Waals surface area contributed by atoms with Crippen molar-refractivity contribution in [1.29, 1.82) is 0 Å². The number of amides is 8. The van der Waals surface area contributed by atoms with E-state index >= 15 is 0 Å². The maximum atomic E-state index is 13.4. The van der Waals surface area contributed by atoms with Crippen molar-refractivity contribution >= 4 is 71.1 Å². The number of nitrogens with one attached hydrogen (secondary N) is 8. The second-order valence-corrected chi connectivity index (χ2v) is 20.6. The smallest absolute Gasteiger partial charge is 0.320 e. The minimum absolute atomic E-state index is 0. The van der Waals surface area contributed by atoms with Gasteiger partial charge in [0.05, 0.1) is 83.7 Å². The number of carboxylic acids is 4. The molecule has 8 amide bonds. The zero-order valence-corrected chi connectivity index (χ0v) is 51.5. The molecule has 0 aromatic carbocycles. The normalized spacial score (nSPS) is 13.1. The Bertz CT molecular complexity index is 2150. The van der Waals surface area contributed by atoms with Gasteiger partial charge in [-0.05, 0) is 84.7 Å². The number of unbranched alkanes of at least 4 members (excludes halogenated alkanes) is 3. The van der Waals surface area contributed by atoms with E-state index in [4.69, 9.17) is 48.2 Å². The molecule has 0 aliphatic carbocycles. The summed E-state index contributed by atoms with van der Waals surface area (Å²) in [6.07, 6.45) is 3.78. The molecule has 17 N–H and O–H groups in total. The van der Waals surface area contributed by atoms with Gasteiger partial charge < -0.3 is 98.5 Å². The molecule has 0 aromatic rings. The first-order valence-corrected chi connectivity index (χ1v) is 29.7. The van der Waals surface area contributed by atoms with Crippen LogP contribution in [0.25, 0.3) is 0 Å². The summed E-state index contributed by atoms with van der Waals surface area (Å²) in [5.41, 5.74) is 10.7. The first-order valence-electron chi connectivity index (χ1n) is 35.7. The van der Waals surface area contributed by atoms with Gasteiger partial charge in [0.2, 0.25) is 47.3 Å². The molecule has 89 heavy (non-hydrogen) atoms. The Morgan fingerprint density at radius 3 is 1.28 bits per heavy atom. The number of carbonyl (C=O) groups excluding carboxylic acids is 8. The predicted molar refractivity (Wildman–Crippen MR) is 334 cm³/mol. The van der Waals surface area contributed by atoms with Crippen molar-refractivity contribution in [3.05, 3.63) is 12.3 Å². The van der Waals surface area contributed by atoms with Crippen molar-refractivity contribution in [2.75, 3.05) is 152 Å². The topological polar surface area (TPSA) is 501 Å². The third-order valence-electron chi connectivity index (χ3n) is 13.2. The SMILES string of the molecule is C=C(O)CN(CCN(CCN(CC(=O)O)CC(=O)O)[C@@H](CCC(=O)NCCCC[C@H](NC(=O)CCCC(=O)NCCOCCOCC(=O)NCCOCCOCC(=O)NCCCC[C@H](NC)C(N)=O)C(=O)NCCCC[C@@H](NC)C(N)=O)C(=O)O)CC(=O)O.[2HH].[2H][2H].[2H][2H].[2H][2H].[2H][2H].[2H][2H].[2H][2H]. The highest BCUT2D eigenvalue weighted by Crippen LogP contribution is 2.12. The van der Waals surface area contributed by atoms with Gasteiger partial charge in [0.15, 0.2) is 0 Å². The monoisotopic (exact) mass is 1300 g/mol. The standard InChI is InChI=1S/C55H99N13O21.7H2/c1-39(69)33-66(34-49(75)76)23-25-68(26-24-67(35-50(77)78)36-51(79)80)43(55(84)85)16-17-45(71)60-18-8-6-13-42(54(83)64-20-9-5-12-41(59-3)53(57)82)65-46(72)15-10-14-44(70)62-21-27-86-29-32-89-38-48(74)63-22-28-87-30-31-88-37-47(73)61-19-7-4-11-40(58-2)52(56)81;;;;;;;/h40-43,58-59,69H,1,4-38H2,2-3H3,(H2,56,81)(H2,57,82)(H,60,71)(H,61,73)(H,62,70)(H,63,74)(H,64,83)(H,65,72)(H,75,76)(H,77,78)(H,79,80)(H,84,85);7*1H/t40-,41+,42-,43-;;;;;;;/m0......./s1/i;6*1+1D;1+1. The molecule has 0 saturated carbocycles. The number of carbonyl (C=O) groups is 12. The van der Waals surface area contributed by atoms with Crippen LogP contribution >= 0.6 is 0 Å². The zero-order chi connectivity index (χ0) is 78.8. The quantitative estimate of drug-likeness (QED) is 0.0215.